The standard InChI is InChI=1S/C17H18N2O3/c1-21-15-8-7-11(10-16(15)22-2)9-14-12-5-3-4-6-13(12)17(20)19-18-14/h3-8,10,13,18H,9H2,1-2H3,(H,19,20). The summed E-state index contributed by atoms with van der Waals surface area (Å²) in [6, 6.07) is 5.82. The molecule has 0 saturated carbocycles. The smallest absolute Gasteiger partial charge is 0.249 e. The van der Waals surface area contributed by atoms with E-state index >= 15 is 0 Å². The zero-order chi connectivity index (χ0) is 15.5. The van der Waals surface area contributed by atoms with Crippen molar-refractivity contribution in [3.63, 3.8) is 0 Å². The van der Waals surface area contributed by atoms with E-state index in [2.05, 4.69) is 10.9 Å². The summed E-state index contributed by atoms with van der Waals surface area (Å²) < 4.78 is 10.6. The highest BCUT2D eigenvalue weighted by Gasteiger charge is 2.27. The molecule has 1 heterocycles. The minimum Gasteiger partial charge on any atom is -0.493 e. The molecule has 0 saturated heterocycles. The molecule has 1 aromatic rings. The van der Waals surface area contributed by atoms with Gasteiger partial charge >= 0.3 is 0 Å². The Morgan fingerprint density at radius 2 is 1.91 bits per heavy atom. The zero-order valence-corrected chi connectivity index (χ0v) is 12.6. The molecule has 0 radical (unpaired) electrons. The first-order chi connectivity index (χ1) is 10.7. The Balaban J connectivity index is 1.91. The molecule has 5 nitrogen and oxygen atoms in total. The Morgan fingerprint density at radius 1 is 1.09 bits per heavy atom. The Morgan fingerprint density at radius 3 is 2.68 bits per heavy atom. The van der Waals surface area contributed by atoms with Gasteiger partial charge in [0.25, 0.3) is 0 Å². The molecule has 0 spiro atoms. The van der Waals surface area contributed by atoms with Crippen molar-refractivity contribution in [1.29, 1.82) is 0 Å². The monoisotopic (exact) mass is 298 g/mol. The van der Waals surface area contributed by atoms with Gasteiger partial charge < -0.3 is 14.9 Å². The number of carbonyl (C=O) groups excluding carboxylic acids is 1. The van der Waals surface area contributed by atoms with Crippen molar-refractivity contribution < 1.29 is 14.3 Å². The highest BCUT2D eigenvalue weighted by atomic mass is 16.5. The third kappa shape index (κ3) is 2.57. The highest BCUT2D eigenvalue weighted by Crippen LogP contribution is 2.30. The lowest BCUT2D eigenvalue weighted by Crippen LogP contribution is -2.46. The van der Waals surface area contributed by atoms with Crippen molar-refractivity contribution in [3.8, 4) is 11.5 Å². The van der Waals surface area contributed by atoms with Crippen LogP contribution in [0.2, 0.25) is 0 Å². The minimum atomic E-state index is -0.221. The predicted molar refractivity (Wildman–Crippen MR) is 83.3 cm³/mol. The van der Waals surface area contributed by atoms with Gasteiger partial charge in [-0.25, -0.2) is 0 Å². The Bertz CT molecular complexity index is 689. The second-order valence-corrected chi connectivity index (χ2v) is 5.14. The van der Waals surface area contributed by atoms with Crippen molar-refractivity contribution in [1.82, 2.24) is 10.9 Å². The molecule has 1 aromatic carbocycles. The molecule has 2 aliphatic rings. The summed E-state index contributed by atoms with van der Waals surface area (Å²) in [5.41, 5.74) is 8.78. The van der Waals surface area contributed by atoms with E-state index in [4.69, 9.17) is 9.47 Å². The molecule has 0 aromatic heterocycles. The number of hydrazine groups is 1. The number of hydrogen-bond donors (Lipinski definition) is 2. The highest BCUT2D eigenvalue weighted by molar-refractivity contribution is 5.86. The molecule has 1 aliphatic heterocycles. The lowest BCUT2D eigenvalue weighted by atomic mass is 9.89. The maximum absolute atomic E-state index is 11.9. The molecule has 0 fully saturated rings. The van der Waals surface area contributed by atoms with Crippen LogP contribution in [0, 0.1) is 5.92 Å². The third-order valence-electron chi connectivity index (χ3n) is 3.82. The molecule has 3 rings (SSSR count). The second kappa shape index (κ2) is 5.97. The first-order valence-corrected chi connectivity index (χ1v) is 7.07. The quantitative estimate of drug-likeness (QED) is 0.891. The summed E-state index contributed by atoms with van der Waals surface area (Å²) in [6.45, 7) is 0. The Kier molecular flexibility index (Phi) is 3.87. The number of fused-ring (bicyclic) bond motifs is 1. The van der Waals surface area contributed by atoms with Gasteiger partial charge in [-0.05, 0) is 23.3 Å². The zero-order valence-electron chi connectivity index (χ0n) is 12.6. The van der Waals surface area contributed by atoms with E-state index in [1.807, 2.05) is 42.5 Å². The van der Waals surface area contributed by atoms with E-state index in [1.54, 1.807) is 14.2 Å². The van der Waals surface area contributed by atoms with Crippen LogP contribution in [0.15, 0.2) is 53.8 Å². The van der Waals surface area contributed by atoms with Crippen molar-refractivity contribution in [2.24, 2.45) is 5.92 Å². The summed E-state index contributed by atoms with van der Waals surface area (Å²) in [5.74, 6) is 1.14. The molecular formula is C17H18N2O3. The second-order valence-electron chi connectivity index (χ2n) is 5.14. The van der Waals surface area contributed by atoms with E-state index in [0.29, 0.717) is 17.9 Å². The van der Waals surface area contributed by atoms with Crippen molar-refractivity contribution in [3.05, 3.63) is 59.3 Å². The average Bonchev–Trinajstić information content (AvgIpc) is 2.57. The normalized spacial score (nSPS) is 19.4. The molecule has 1 aliphatic carbocycles. The van der Waals surface area contributed by atoms with Crippen LogP contribution in [-0.2, 0) is 11.2 Å². The maximum Gasteiger partial charge on any atom is 0.249 e. The molecule has 1 atom stereocenters. The number of allylic oxidation sites excluding steroid dienone is 4. The summed E-state index contributed by atoms with van der Waals surface area (Å²) in [6.07, 6.45) is 8.39. The van der Waals surface area contributed by atoms with Gasteiger partial charge in [0.1, 0.15) is 0 Å². The van der Waals surface area contributed by atoms with Crippen LogP contribution >= 0.6 is 0 Å². The lowest BCUT2D eigenvalue weighted by Gasteiger charge is -2.27. The number of rotatable bonds is 4. The number of amides is 1. The van der Waals surface area contributed by atoms with Crippen LogP contribution in [0.1, 0.15) is 5.56 Å². The summed E-state index contributed by atoms with van der Waals surface area (Å²) in [5, 5.41) is 0. The SMILES string of the molecule is COc1ccc(CC2=C3C=CC=CC3C(=O)NN2)cc1OC. The third-order valence-corrected chi connectivity index (χ3v) is 3.82. The van der Waals surface area contributed by atoms with Gasteiger partial charge in [0, 0.05) is 12.1 Å². The van der Waals surface area contributed by atoms with Crippen LogP contribution in [0.4, 0.5) is 0 Å². The molecule has 0 bridgehead atoms. The fourth-order valence-corrected chi connectivity index (χ4v) is 2.69. The van der Waals surface area contributed by atoms with Crippen molar-refractivity contribution in [2.45, 2.75) is 6.42 Å². The van der Waals surface area contributed by atoms with Crippen molar-refractivity contribution in [2.75, 3.05) is 14.2 Å². The molecule has 5 heteroatoms. The van der Waals surface area contributed by atoms with Gasteiger partial charge in [-0.15, -0.1) is 0 Å². The molecule has 114 valence electrons. The van der Waals surface area contributed by atoms with Gasteiger partial charge in [-0.2, -0.15) is 0 Å². The molecule has 2 N–H and O–H groups in total. The van der Waals surface area contributed by atoms with Gasteiger partial charge in [0.2, 0.25) is 5.91 Å². The van der Waals surface area contributed by atoms with E-state index in [9.17, 15) is 4.79 Å². The van der Waals surface area contributed by atoms with Gasteiger partial charge in [-0.1, -0.05) is 30.4 Å². The molecule has 1 unspecified atom stereocenters. The van der Waals surface area contributed by atoms with Gasteiger partial charge in [0.15, 0.2) is 11.5 Å². The maximum atomic E-state index is 11.9. The number of carbonyl (C=O) groups is 1. The molecular weight excluding hydrogens is 280 g/mol. The Labute approximate surface area is 129 Å². The fraction of sp³-hybridized carbons (Fsp3) is 0.235. The topological polar surface area (TPSA) is 59.6 Å². The van der Waals surface area contributed by atoms with Gasteiger partial charge in [0.05, 0.1) is 20.1 Å². The fourth-order valence-electron chi connectivity index (χ4n) is 2.69. The molecule has 22 heavy (non-hydrogen) atoms. The van der Waals surface area contributed by atoms with Crippen LogP contribution < -0.4 is 20.3 Å². The van der Waals surface area contributed by atoms with Crippen molar-refractivity contribution >= 4 is 5.91 Å². The van der Waals surface area contributed by atoms with E-state index < -0.39 is 0 Å². The van der Waals surface area contributed by atoms with E-state index in [1.165, 1.54) is 0 Å². The number of nitrogens with one attached hydrogen (secondary N) is 2. The summed E-state index contributed by atoms with van der Waals surface area (Å²) >= 11 is 0. The predicted octanol–water partition coefficient (Wildman–Crippen LogP) is 1.88. The summed E-state index contributed by atoms with van der Waals surface area (Å²) in [7, 11) is 3.23. The lowest BCUT2D eigenvalue weighted by molar-refractivity contribution is -0.124. The summed E-state index contributed by atoms with van der Waals surface area (Å²) in [4.78, 5) is 11.9. The average molecular weight is 298 g/mol. The van der Waals surface area contributed by atoms with Crippen LogP contribution in [0.5, 0.6) is 11.5 Å². The number of benzene rings is 1. The van der Waals surface area contributed by atoms with E-state index in [-0.39, 0.29) is 11.8 Å². The first kappa shape index (κ1) is 14.3. The van der Waals surface area contributed by atoms with Crippen LogP contribution in [-0.4, -0.2) is 20.1 Å². The van der Waals surface area contributed by atoms with Crippen LogP contribution in [0.3, 0.4) is 0 Å². The number of hydrogen-bond acceptors (Lipinski definition) is 4. The number of methoxy groups -OCH3 is 2. The largest absolute Gasteiger partial charge is 0.493 e. The Hall–Kier alpha value is -2.69. The molecule has 1 amide bonds. The van der Waals surface area contributed by atoms with Gasteiger partial charge in [-0.3, -0.25) is 10.2 Å². The number of ether oxygens (including phenoxy) is 2. The van der Waals surface area contributed by atoms with Crippen LogP contribution in [0.25, 0.3) is 0 Å². The minimum absolute atomic E-state index is 0.0355. The van der Waals surface area contributed by atoms with E-state index in [0.717, 1.165) is 16.8 Å². The first-order valence-electron chi connectivity index (χ1n) is 7.07.